The van der Waals surface area contributed by atoms with E-state index in [1.807, 2.05) is 19.1 Å². The number of guanidine groups is 1. The van der Waals surface area contributed by atoms with E-state index in [-0.39, 0.29) is 0 Å². The van der Waals surface area contributed by atoms with Gasteiger partial charge in [0.05, 0.1) is 0 Å². The van der Waals surface area contributed by atoms with Gasteiger partial charge in [0.1, 0.15) is 0 Å². The molecule has 2 aromatic carbocycles. The maximum Gasteiger partial charge on any atom is 0.248 e. The molecule has 3 N–H and O–H groups in total. The van der Waals surface area contributed by atoms with Crippen molar-refractivity contribution in [3.05, 3.63) is 83.4 Å². The van der Waals surface area contributed by atoms with Gasteiger partial charge in [0.15, 0.2) is 0 Å². The number of hydrogen-bond acceptors (Lipinski definition) is 2. The van der Waals surface area contributed by atoms with E-state index in [0.29, 0.717) is 11.5 Å². The Hall–Kier alpha value is -3.47. The van der Waals surface area contributed by atoms with Gasteiger partial charge in [-0.1, -0.05) is 49.8 Å². The molecule has 30 heavy (non-hydrogen) atoms. The van der Waals surface area contributed by atoms with Gasteiger partial charge in [0.25, 0.3) is 0 Å². The molecular formula is C25H30N4O. The molecule has 0 saturated heterocycles. The van der Waals surface area contributed by atoms with Gasteiger partial charge < -0.3 is 11.1 Å². The number of aryl methyl sites for hydroxylation is 1. The predicted octanol–water partition coefficient (Wildman–Crippen LogP) is 5.26. The van der Waals surface area contributed by atoms with Crippen LogP contribution in [-0.4, -0.2) is 24.6 Å². The molecule has 0 bridgehead atoms. The highest BCUT2D eigenvalue weighted by atomic mass is 16.1. The molecule has 0 saturated carbocycles. The van der Waals surface area contributed by atoms with Gasteiger partial charge in [-0.05, 0) is 67.3 Å². The molecule has 0 aliphatic rings. The van der Waals surface area contributed by atoms with Crippen LogP contribution in [0.3, 0.4) is 0 Å². The number of rotatable bonds is 7. The second-order valence-electron chi connectivity index (χ2n) is 7.03. The third kappa shape index (κ3) is 7.17. The number of primary amides is 1. The smallest absolute Gasteiger partial charge is 0.248 e. The molecule has 0 heterocycles. The van der Waals surface area contributed by atoms with E-state index in [4.69, 9.17) is 5.73 Å². The quantitative estimate of drug-likeness (QED) is 0.376. The van der Waals surface area contributed by atoms with Crippen molar-refractivity contribution < 1.29 is 4.79 Å². The molecule has 0 atom stereocenters. The van der Waals surface area contributed by atoms with Crippen molar-refractivity contribution in [2.24, 2.45) is 15.7 Å². The van der Waals surface area contributed by atoms with E-state index < -0.39 is 5.91 Å². The molecule has 156 valence electrons. The third-order valence-corrected chi connectivity index (χ3v) is 4.52. The van der Waals surface area contributed by atoms with Gasteiger partial charge in [-0.25, -0.2) is 4.99 Å². The highest BCUT2D eigenvalue weighted by Crippen LogP contribution is 2.16. The molecule has 5 nitrogen and oxygen atoms in total. The number of amides is 1. The molecule has 0 aliphatic heterocycles. The van der Waals surface area contributed by atoms with Crippen LogP contribution < -0.4 is 11.1 Å². The fourth-order valence-electron chi connectivity index (χ4n) is 2.87. The molecule has 0 fully saturated rings. The van der Waals surface area contributed by atoms with Crippen LogP contribution in [0.2, 0.25) is 0 Å². The summed E-state index contributed by atoms with van der Waals surface area (Å²) < 4.78 is 0. The number of benzene rings is 2. The maximum atomic E-state index is 11.2. The number of hydrogen-bond donors (Lipinski definition) is 2. The minimum atomic E-state index is -0.453. The summed E-state index contributed by atoms with van der Waals surface area (Å²) in [6.45, 7) is 6.22. The first kappa shape index (κ1) is 22.8. The monoisotopic (exact) mass is 402 g/mol. The largest absolute Gasteiger partial charge is 0.366 e. The number of allylic oxidation sites excluding steroid dienone is 4. The molecule has 2 rings (SSSR count). The number of carbonyl (C=O) groups excluding carboxylic acids is 1. The van der Waals surface area contributed by atoms with Crippen molar-refractivity contribution >= 4 is 28.8 Å². The summed E-state index contributed by atoms with van der Waals surface area (Å²) in [4.78, 5) is 19.8. The van der Waals surface area contributed by atoms with Crippen LogP contribution >= 0.6 is 0 Å². The topological polar surface area (TPSA) is 79.8 Å². The lowest BCUT2D eigenvalue weighted by atomic mass is 10.0. The van der Waals surface area contributed by atoms with Gasteiger partial charge in [0.2, 0.25) is 11.9 Å². The Morgan fingerprint density at radius 3 is 2.47 bits per heavy atom. The standard InChI is InChI=1S/C25H30N4O/c1-5-8-20-11-7-12-22(17-20)18(2)9-6-10-19(3)28-25(27-4)29-23-15-13-21(14-16-23)24(26)30/h6-7,9-17H,5,8H2,1-4H3,(H2,26,30)(H,27,29)/b10-6-,18-9+,28-19+. The lowest BCUT2D eigenvalue weighted by Crippen LogP contribution is -2.13. The predicted molar refractivity (Wildman–Crippen MR) is 128 cm³/mol. The zero-order valence-electron chi connectivity index (χ0n) is 18.1. The Bertz CT molecular complexity index is 982. The fraction of sp³-hybridized carbons (Fsp3) is 0.240. The SMILES string of the molecule is CCCc1cccc(/C(C)=C/C=C\C(C)=N\C(=NC)Nc2ccc(C(N)=O)cc2)c1. The van der Waals surface area contributed by atoms with E-state index in [1.54, 1.807) is 31.3 Å². The molecule has 0 radical (unpaired) electrons. The van der Waals surface area contributed by atoms with E-state index in [9.17, 15) is 4.79 Å². The summed E-state index contributed by atoms with van der Waals surface area (Å²) in [7, 11) is 1.67. The summed E-state index contributed by atoms with van der Waals surface area (Å²) in [5, 5.41) is 3.13. The van der Waals surface area contributed by atoms with Crippen LogP contribution in [0, 0.1) is 0 Å². The summed E-state index contributed by atoms with van der Waals surface area (Å²) >= 11 is 0. The fourth-order valence-corrected chi connectivity index (χ4v) is 2.87. The second-order valence-corrected chi connectivity index (χ2v) is 7.03. The van der Waals surface area contributed by atoms with E-state index in [0.717, 1.165) is 24.2 Å². The Labute approximate surface area is 179 Å². The Kier molecular flexibility index (Phi) is 8.75. The van der Waals surface area contributed by atoms with Crippen LogP contribution in [0.15, 0.2) is 76.7 Å². The lowest BCUT2D eigenvalue weighted by Gasteiger charge is -2.06. The van der Waals surface area contributed by atoms with Crippen molar-refractivity contribution in [3.63, 3.8) is 0 Å². The molecular weight excluding hydrogens is 372 g/mol. The first-order valence-electron chi connectivity index (χ1n) is 10.1. The molecule has 2 aromatic rings. The molecule has 5 heteroatoms. The number of nitrogens with two attached hydrogens (primary N) is 1. The van der Waals surface area contributed by atoms with Crippen molar-refractivity contribution in [3.8, 4) is 0 Å². The van der Waals surface area contributed by atoms with Crippen LogP contribution in [-0.2, 0) is 6.42 Å². The zero-order valence-corrected chi connectivity index (χ0v) is 18.1. The van der Waals surface area contributed by atoms with Crippen LogP contribution in [0.1, 0.15) is 48.7 Å². The zero-order chi connectivity index (χ0) is 21.9. The minimum absolute atomic E-state index is 0.453. The third-order valence-electron chi connectivity index (χ3n) is 4.52. The molecule has 0 aromatic heterocycles. The van der Waals surface area contributed by atoms with Crippen molar-refractivity contribution in [2.75, 3.05) is 12.4 Å². The van der Waals surface area contributed by atoms with Gasteiger partial charge in [-0.2, -0.15) is 0 Å². The first-order valence-corrected chi connectivity index (χ1v) is 10.1. The van der Waals surface area contributed by atoms with Crippen LogP contribution in [0.25, 0.3) is 5.57 Å². The molecule has 0 spiro atoms. The highest BCUT2D eigenvalue weighted by Gasteiger charge is 2.02. The number of anilines is 1. The number of nitrogens with one attached hydrogen (secondary N) is 1. The normalized spacial score (nSPS) is 13.0. The second kappa shape index (κ2) is 11.5. The summed E-state index contributed by atoms with van der Waals surface area (Å²) in [5.74, 6) is 0.0299. The maximum absolute atomic E-state index is 11.2. The van der Waals surface area contributed by atoms with Gasteiger partial charge in [-0.15, -0.1) is 0 Å². The number of aliphatic imine (C=N–C) groups is 2. The number of carbonyl (C=O) groups is 1. The summed E-state index contributed by atoms with van der Waals surface area (Å²) in [6.07, 6.45) is 8.27. The molecule has 1 amide bonds. The van der Waals surface area contributed by atoms with E-state index in [1.165, 1.54) is 16.7 Å². The van der Waals surface area contributed by atoms with Crippen LogP contribution in [0.5, 0.6) is 0 Å². The minimum Gasteiger partial charge on any atom is -0.366 e. The van der Waals surface area contributed by atoms with Crippen molar-refractivity contribution in [1.29, 1.82) is 0 Å². The molecule has 0 aliphatic carbocycles. The van der Waals surface area contributed by atoms with E-state index >= 15 is 0 Å². The first-order chi connectivity index (χ1) is 14.4. The highest BCUT2D eigenvalue weighted by molar-refractivity contribution is 6.06. The average molecular weight is 403 g/mol. The van der Waals surface area contributed by atoms with Crippen molar-refractivity contribution in [1.82, 2.24) is 0 Å². The summed E-state index contributed by atoms with van der Waals surface area (Å²) in [6, 6.07) is 15.5. The van der Waals surface area contributed by atoms with E-state index in [2.05, 4.69) is 59.5 Å². The van der Waals surface area contributed by atoms with Gasteiger partial charge >= 0.3 is 0 Å². The van der Waals surface area contributed by atoms with Gasteiger partial charge in [0, 0.05) is 24.0 Å². The lowest BCUT2D eigenvalue weighted by molar-refractivity contribution is 0.100. The average Bonchev–Trinajstić information content (AvgIpc) is 2.74. The Morgan fingerprint density at radius 2 is 1.83 bits per heavy atom. The van der Waals surface area contributed by atoms with Gasteiger partial charge in [-0.3, -0.25) is 9.79 Å². The number of nitrogens with zero attached hydrogens (tertiary/aromatic N) is 2. The molecule has 0 unspecified atom stereocenters. The Morgan fingerprint density at radius 1 is 1.10 bits per heavy atom. The van der Waals surface area contributed by atoms with Crippen molar-refractivity contribution in [2.45, 2.75) is 33.6 Å². The Balaban J connectivity index is 2.04. The summed E-state index contributed by atoms with van der Waals surface area (Å²) in [5.41, 5.74) is 11.1. The van der Waals surface area contributed by atoms with Crippen LogP contribution in [0.4, 0.5) is 5.69 Å².